The number of carbonyl (C=O) groups is 2. The van der Waals surface area contributed by atoms with Gasteiger partial charge in [-0.05, 0) is 31.4 Å². The number of hydrogen-bond donors (Lipinski definition) is 0. The molecule has 2 unspecified atom stereocenters. The minimum absolute atomic E-state index is 0.0575. The fraction of sp³-hybridized carbons (Fsp3) is 0.500. The second-order valence-corrected chi connectivity index (χ2v) is 5.98. The van der Waals surface area contributed by atoms with Crippen molar-refractivity contribution in [2.24, 2.45) is 0 Å². The van der Waals surface area contributed by atoms with E-state index in [1.54, 1.807) is 0 Å². The molecule has 0 bridgehead atoms. The van der Waals surface area contributed by atoms with Crippen LogP contribution in [0.1, 0.15) is 32.6 Å². The van der Waals surface area contributed by atoms with Gasteiger partial charge in [0.2, 0.25) is 5.91 Å². The number of nitrogens with zero attached hydrogens (tertiary/aromatic N) is 1. The second-order valence-electron chi connectivity index (χ2n) is 5.18. The molecule has 1 aromatic rings. The molecule has 1 aliphatic carbocycles. The number of para-hydroxylation sites is 1. The lowest BCUT2D eigenvalue weighted by Crippen LogP contribution is -2.46. The lowest BCUT2D eigenvalue weighted by Gasteiger charge is -2.32. The van der Waals surface area contributed by atoms with Gasteiger partial charge in [0.25, 0.3) is 0 Å². The maximum atomic E-state index is 12.5. The summed E-state index contributed by atoms with van der Waals surface area (Å²) in [6.07, 6.45) is 2.86. The van der Waals surface area contributed by atoms with E-state index in [1.807, 2.05) is 35.2 Å². The molecule has 1 aromatic carbocycles. The van der Waals surface area contributed by atoms with Crippen molar-refractivity contribution in [2.75, 3.05) is 10.2 Å². The van der Waals surface area contributed by atoms with E-state index in [-0.39, 0.29) is 24.0 Å². The molecule has 1 amide bonds. The standard InChI is InChI=1S/C16H20BrNO3/c1-12(19)21-15-9-5-8-14(15)18(16(20)10-11-17)13-6-3-2-4-7-13/h2-4,6-7,14-15H,5,8-11H2,1H3. The molecule has 1 aliphatic rings. The Balaban J connectivity index is 2.26. The molecule has 21 heavy (non-hydrogen) atoms. The number of rotatable bonds is 5. The van der Waals surface area contributed by atoms with Gasteiger partial charge in [-0.25, -0.2) is 0 Å². The van der Waals surface area contributed by atoms with Crippen LogP contribution in [0.5, 0.6) is 0 Å². The summed E-state index contributed by atoms with van der Waals surface area (Å²) in [7, 11) is 0. The van der Waals surface area contributed by atoms with E-state index in [0.717, 1.165) is 24.9 Å². The Morgan fingerprint density at radius 1 is 1.29 bits per heavy atom. The molecule has 2 rings (SSSR count). The average molecular weight is 354 g/mol. The van der Waals surface area contributed by atoms with Crippen molar-refractivity contribution in [3.05, 3.63) is 30.3 Å². The summed E-state index contributed by atoms with van der Waals surface area (Å²) in [5.41, 5.74) is 0.868. The smallest absolute Gasteiger partial charge is 0.302 e. The third-order valence-corrected chi connectivity index (χ3v) is 4.07. The fourth-order valence-corrected chi connectivity index (χ4v) is 3.20. The van der Waals surface area contributed by atoms with Gasteiger partial charge in [0.05, 0.1) is 6.04 Å². The number of benzene rings is 1. The highest BCUT2D eigenvalue weighted by Gasteiger charge is 2.37. The predicted octanol–water partition coefficient (Wildman–Crippen LogP) is 3.29. The minimum Gasteiger partial charge on any atom is -0.460 e. The van der Waals surface area contributed by atoms with Crippen LogP contribution in [-0.2, 0) is 14.3 Å². The van der Waals surface area contributed by atoms with Gasteiger partial charge < -0.3 is 9.64 Å². The molecule has 5 heteroatoms. The summed E-state index contributed by atoms with van der Waals surface area (Å²) < 4.78 is 5.41. The zero-order valence-electron chi connectivity index (χ0n) is 12.1. The van der Waals surface area contributed by atoms with E-state index >= 15 is 0 Å². The lowest BCUT2D eigenvalue weighted by atomic mass is 10.1. The van der Waals surface area contributed by atoms with Crippen molar-refractivity contribution in [3.8, 4) is 0 Å². The molecule has 114 valence electrons. The number of halogens is 1. The van der Waals surface area contributed by atoms with Crippen molar-refractivity contribution in [2.45, 2.75) is 44.8 Å². The van der Waals surface area contributed by atoms with Gasteiger partial charge in [0, 0.05) is 24.4 Å². The van der Waals surface area contributed by atoms with Crippen LogP contribution >= 0.6 is 15.9 Å². The summed E-state index contributed by atoms with van der Waals surface area (Å²) in [6, 6.07) is 9.54. The number of ether oxygens (including phenoxy) is 1. The van der Waals surface area contributed by atoms with Crippen molar-refractivity contribution < 1.29 is 14.3 Å². The second kappa shape index (κ2) is 7.59. The SMILES string of the molecule is CC(=O)OC1CCCC1N(C(=O)CCBr)c1ccccc1. The van der Waals surface area contributed by atoms with Gasteiger partial charge in [-0.2, -0.15) is 0 Å². The average Bonchev–Trinajstić information content (AvgIpc) is 2.88. The normalized spacial score (nSPS) is 21.0. The minimum atomic E-state index is -0.284. The Morgan fingerprint density at radius 3 is 2.62 bits per heavy atom. The highest BCUT2D eigenvalue weighted by atomic mass is 79.9. The summed E-state index contributed by atoms with van der Waals surface area (Å²) in [5.74, 6) is -0.227. The van der Waals surface area contributed by atoms with Crippen LogP contribution in [0.4, 0.5) is 5.69 Å². The van der Waals surface area contributed by atoms with Crippen molar-refractivity contribution in [1.29, 1.82) is 0 Å². The van der Waals surface area contributed by atoms with Crippen LogP contribution in [0.3, 0.4) is 0 Å². The molecule has 0 heterocycles. The third kappa shape index (κ3) is 4.06. The monoisotopic (exact) mass is 353 g/mol. The summed E-state index contributed by atoms with van der Waals surface area (Å²) in [5, 5.41) is 0.625. The third-order valence-electron chi connectivity index (χ3n) is 3.68. The van der Waals surface area contributed by atoms with Crippen LogP contribution in [-0.4, -0.2) is 29.4 Å². The lowest BCUT2D eigenvalue weighted by molar-refractivity contribution is -0.147. The molecule has 2 atom stereocenters. The molecule has 4 nitrogen and oxygen atoms in total. The van der Waals surface area contributed by atoms with E-state index in [4.69, 9.17) is 4.74 Å². The molecular weight excluding hydrogens is 334 g/mol. The molecule has 1 fully saturated rings. The van der Waals surface area contributed by atoms with Gasteiger partial charge in [-0.15, -0.1) is 0 Å². The first kappa shape index (κ1) is 16.0. The van der Waals surface area contributed by atoms with Crippen LogP contribution in [0.25, 0.3) is 0 Å². The Kier molecular flexibility index (Phi) is 5.79. The zero-order chi connectivity index (χ0) is 15.2. The van der Waals surface area contributed by atoms with Gasteiger partial charge in [0.15, 0.2) is 0 Å². The topological polar surface area (TPSA) is 46.6 Å². The van der Waals surface area contributed by atoms with E-state index in [1.165, 1.54) is 6.92 Å². The zero-order valence-corrected chi connectivity index (χ0v) is 13.7. The van der Waals surface area contributed by atoms with Gasteiger partial charge in [0.1, 0.15) is 6.10 Å². The van der Waals surface area contributed by atoms with Gasteiger partial charge >= 0.3 is 5.97 Å². The van der Waals surface area contributed by atoms with E-state index in [9.17, 15) is 9.59 Å². The van der Waals surface area contributed by atoms with E-state index < -0.39 is 0 Å². The quantitative estimate of drug-likeness (QED) is 0.602. The van der Waals surface area contributed by atoms with Crippen molar-refractivity contribution >= 4 is 33.5 Å². The Morgan fingerprint density at radius 2 is 2.00 bits per heavy atom. The maximum absolute atomic E-state index is 12.5. The molecule has 0 aliphatic heterocycles. The summed E-state index contributed by atoms with van der Waals surface area (Å²) in [4.78, 5) is 25.6. The highest BCUT2D eigenvalue weighted by Crippen LogP contribution is 2.31. The Hall–Kier alpha value is -1.36. The fourth-order valence-electron chi connectivity index (χ4n) is 2.86. The van der Waals surface area contributed by atoms with Crippen LogP contribution < -0.4 is 4.90 Å². The first-order chi connectivity index (χ1) is 10.1. The predicted molar refractivity (Wildman–Crippen MR) is 85.5 cm³/mol. The number of carbonyl (C=O) groups excluding carboxylic acids is 2. The maximum Gasteiger partial charge on any atom is 0.302 e. The van der Waals surface area contributed by atoms with Crippen molar-refractivity contribution in [3.63, 3.8) is 0 Å². The van der Waals surface area contributed by atoms with Gasteiger partial charge in [-0.3, -0.25) is 9.59 Å². The van der Waals surface area contributed by atoms with E-state index in [2.05, 4.69) is 15.9 Å². The first-order valence-electron chi connectivity index (χ1n) is 7.23. The molecule has 0 N–H and O–H groups in total. The molecule has 0 radical (unpaired) electrons. The van der Waals surface area contributed by atoms with Crippen molar-refractivity contribution in [1.82, 2.24) is 0 Å². The number of alkyl halides is 1. The molecular formula is C16H20BrNO3. The van der Waals surface area contributed by atoms with Gasteiger partial charge in [-0.1, -0.05) is 34.1 Å². The Bertz CT molecular complexity index is 492. The number of anilines is 1. The highest BCUT2D eigenvalue weighted by molar-refractivity contribution is 9.09. The summed E-state index contributed by atoms with van der Waals surface area (Å²) in [6.45, 7) is 1.42. The van der Waals surface area contributed by atoms with E-state index in [0.29, 0.717) is 11.8 Å². The van der Waals surface area contributed by atoms with Crippen LogP contribution in [0.2, 0.25) is 0 Å². The molecule has 0 saturated heterocycles. The number of amides is 1. The molecule has 0 spiro atoms. The number of esters is 1. The Labute approximate surface area is 133 Å². The summed E-state index contributed by atoms with van der Waals surface area (Å²) >= 11 is 3.32. The number of hydrogen-bond acceptors (Lipinski definition) is 3. The molecule has 1 saturated carbocycles. The first-order valence-corrected chi connectivity index (χ1v) is 8.36. The molecule has 0 aromatic heterocycles. The van der Waals surface area contributed by atoms with Crippen LogP contribution in [0.15, 0.2) is 30.3 Å². The largest absolute Gasteiger partial charge is 0.460 e. The van der Waals surface area contributed by atoms with Crippen LogP contribution in [0, 0.1) is 0 Å².